The zero-order valence-electron chi connectivity index (χ0n) is 26.0. The van der Waals surface area contributed by atoms with Gasteiger partial charge in [-0.2, -0.15) is 0 Å². The van der Waals surface area contributed by atoms with Gasteiger partial charge >= 0.3 is 0 Å². The zero-order chi connectivity index (χ0) is 30.8. The van der Waals surface area contributed by atoms with E-state index in [2.05, 4.69) is 122 Å². The molecule has 4 aromatic carbocycles. The Labute approximate surface area is 269 Å². The lowest BCUT2D eigenvalue weighted by Crippen LogP contribution is -2.24. The van der Waals surface area contributed by atoms with E-state index in [-0.39, 0.29) is 11.3 Å². The van der Waals surface area contributed by atoms with Crippen LogP contribution < -0.4 is 0 Å². The highest BCUT2D eigenvalue weighted by Gasteiger charge is 2.46. The smallest absolute Gasteiger partial charge is 0.163 e. The summed E-state index contributed by atoms with van der Waals surface area (Å²) in [5.74, 6) is 3.00. The van der Waals surface area contributed by atoms with Gasteiger partial charge in [0.15, 0.2) is 11.6 Å². The molecule has 0 amide bonds. The minimum absolute atomic E-state index is 0.00180. The van der Waals surface area contributed by atoms with E-state index in [1.54, 1.807) is 0 Å². The molecule has 0 saturated carbocycles. The van der Waals surface area contributed by atoms with Crippen molar-refractivity contribution in [2.24, 2.45) is 5.92 Å². The molecule has 9 rings (SSSR count). The van der Waals surface area contributed by atoms with E-state index >= 15 is 0 Å². The summed E-state index contributed by atoms with van der Waals surface area (Å²) in [5.41, 5.74) is 10.1. The topological polar surface area (TPSA) is 43.6 Å². The highest BCUT2D eigenvalue weighted by molar-refractivity contribution is 5.94. The number of aromatic nitrogens is 4. The average molecular weight is 595 g/mol. The van der Waals surface area contributed by atoms with Gasteiger partial charge in [-0.05, 0) is 34.6 Å². The Bertz CT molecular complexity index is 2160. The van der Waals surface area contributed by atoms with Crippen molar-refractivity contribution in [3.63, 3.8) is 0 Å². The highest BCUT2D eigenvalue weighted by Crippen LogP contribution is 2.55. The van der Waals surface area contributed by atoms with Crippen LogP contribution in [0.15, 0.2) is 134 Å². The van der Waals surface area contributed by atoms with Gasteiger partial charge in [0.25, 0.3) is 0 Å². The van der Waals surface area contributed by atoms with Gasteiger partial charge in [-0.1, -0.05) is 141 Å². The maximum atomic E-state index is 5.11. The van der Waals surface area contributed by atoms with Crippen LogP contribution >= 0.6 is 0 Å². The van der Waals surface area contributed by atoms with Crippen LogP contribution in [0.1, 0.15) is 53.9 Å². The zero-order valence-corrected chi connectivity index (χ0v) is 26.0. The predicted octanol–water partition coefficient (Wildman–Crippen LogP) is 9.62. The Balaban J connectivity index is 1.22. The van der Waals surface area contributed by atoms with Gasteiger partial charge < -0.3 is 4.57 Å². The van der Waals surface area contributed by atoms with Gasteiger partial charge in [0.05, 0.1) is 5.52 Å². The van der Waals surface area contributed by atoms with Crippen molar-refractivity contribution < 1.29 is 0 Å². The standard InChI is InChI=1S/C42H34N4/c1-42(2)33-20-11-9-19-32(33)38-34(42)21-13-23-36(38)46-35-22-12-10-18-30(35)31-25-24-29(26-37(31)46)41-44-39(27-14-5-3-6-15-27)43-40(45-41)28-16-7-4-8-17-28/h3-25,29,32-33H,26H2,1-2H3. The summed E-state index contributed by atoms with van der Waals surface area (Å²) < 4.78 is 2.54. The summed E-state index contributed by atoms with van der Waals surface area (Å²) >= 11 is 0. The third-order valence-corrected chi connectivity index (χ3v) is 10.3. The number of allylic oxidation sites excluding steroid dienone is 5. The fraction of sp³-hybridized carbons (Fsp3) is 0.167. The van der Waals surface area contributed by atoms with Crippen molar-refractivity contribution in [2.45, 2.75) is 37.5 Å². The molecule has 3 aliphatic carbocycles. The first-order valence-electron chi connectivity index (χ1n) is 16.2. The predicted molar refractivity (Wildman–Crippen MR) is 187 cm³/mol. The average Bonchev–Trinajstić information content (AvgIpc) is 3.57. The summed E-state index contributed by atoms with van der Waals surface area (Å²) in [6.45, 7) is 4.81. The van der Waals surface area contributed by atoms with E-state index in [1.165, 1.54) is 39.0 Å². The third-order valence-electron chi connectivity index (χ3n) is 10.3. The number of hydrogen-bond acceptors (Lipinski definition) is 3. The van der Waals surface area contributed by atoms with Crippen molar-refractivity contribution >= 4 is 17.0 Å². The van der Waals surface area contributed by atoms with Crippen molar-refractivity contribution in [2.75, 3.05) is 0 Å². The molecule has 2 aromatic heterocycles. The number of para-hydroxylation sites is 1. The van der Waals surface area contributed by atoms with E-state index in [0.717, 1.165) is 23.4 Å². The molecule has 3 unspecified atom stereocenters. The maximum absolute atomic E-state index is 5.11. The Morgan fingerprint density at radius 1 is 0.674 bits per heavy atom. The summed E-state index contributed by atoms with van der Waals surface area (Å²) in [6, 6.07) is 36.2. The molecule has 0 fully saturated rings. The molecule has 3 aliphatic rings. The molecule has 0 radical (unpaired) electrons. The molecule has 0 aliphatic heterocycles. The molecular formula is C42H34N4. The number of nitrogens with zero attached hydrogens (tertiary/aromatic N) is 4. The van der Waals surface area contributed by atoms with Crippen molar-refractivity contribution in [3.05, 3.63) is 162 Å². The lowest BCUT2D eigenvalue weighted by Gasteiger charge is -2.29. The normalized spacial score (nSPS) is 20.4. The number of benzene rings is 4. The van der Waals surface area contributed by atoms with Gasteiger partial charge in [0.1, 0.15) is 5.82 Å². The first-order valence-corrected chi connectivity index (χ1v) is 16.2. The van der Waals surface area contributed by atoms with Crippen molar-refractivity contribution in [1.29, 1.82) is 0 Å². The molecule has 3 atom stereocenters. The summed E-state index contributed by atoms with van der Waals surface area (Å²) in [4.78, 5) is 15.2. The fourth-order valence-corrected chi connectivity index (χ4v) is 8.05. The second kappa shape index (κ2) is 10.3. The molecule has 4 nitrogen and oxygen atoms in total. The fourth-order valence-electron chi connectivity index (χ4n) is 8.05. The Hall–Kier alpha value is -5.35. The van der Waals surface area contributed by atoms with E-state index in [1.807, 2.05) is 36.4 Å². The summed E-state index contributed by atoms with van der Waals surface area (Å²) in [5, 5.41) is 1.28. The van der Waals surface area contributed by atoms with Crippen molar-refractivity contribution in [1.82, 2.24) is 19.5 Å². The second-order valence-electron chi connectivity index (χ2n) is 13.2. The highest BCUT2D eigenvalue weighted by atomic mass is 15.0. The van der Waals surface area contributed by atoms with Crippen LogP contribution in [0.25, 0.3) is 45.4 Å². The van der Waals surface area contributed by atoms with Gasteiger partial charge in [0, 0.05) is 51.7 Å². The van der Waals surface area contributed by atoms with E-state index < -0.39 is 0 Å². The Morgan fingerprint density at radius 2 is 1.35 bits per heavy atom. The maximum Gasteiger partial charge on any atom is 0.163 e. The number of rotatable bonds is 4. The lowest BCUT2D eigenvalue weighted by atomic mass is 9.74. The molecule has 0 saturated heterocycles. The van der Waals surface area contributed by atoms with E-state index in [9.17, 15) is 0 Å². The molecule has 0 bridgehead atoms. The number of fused-ring (bicyclic) bond motifs is 6. The van der Waals surface area contributed by atoms with Gasteiger partial charge in [-0.3, -0.25) is 0 Å². The summed E-state index contributed by atoms with van der Waals surface area (Å²) in [7, 11) is 0. The van der Waals surface area contributed by atoms with Gasteiger partial charge in [-0.25, -0.2) is 15.0 Å². The van der Waals surface area contributed by atoms with Gasteiger partial charge in [-0.15, -0.1) is 0 Å². The van der Waals surface area contributed by atoms with Crippen molar-refractivity contribution in [3.8, 4) is 28.5 Å². The minimum Gasteiger partial charge on any atom is -0.313 e. The van der Waals surface area contributed by atoms with E-state index in [4.69, 9.17) is 15.0 Å². The molecule has 6 aromatic rings. The van der Waals surface area contributed by atoms with E-state index in [0.29, 0.717) is 23.5 Å². The second-order valence-corrected chi connectivity index (χ2v) is 13.2. The Morgan fingerprint density at radius 3 is 2.09 bits per heavy atom. The molecule has 46 heavy (non-hydrogen) atoms. The van der Waals surface area contributed by atoms with Crippen LogP contribution in [0, 0.1) is 5.92 Å². The first-order chi connectivity index (χ1) is 22.6. The van der Waals surface area contributed by atoms with Crippen LogP contribution in [0.4, 0.5) is 0 Å². The third kappa shape index (κ3) is 4.10. The molecule has 222 valence electrons. The quantitative estimate of drug-likeness (QED) is 0.204. The van der Waals surface area contributed by atoms with Crippen LogP contribution in [-0.4, -0.2) is 19.5 Å². The van der Waals surface area contributed by atoms with Crippen LogP contribution in [-0.2, 0) is 11.8 Å². The van der Waals surface area contributed by atoms with Crippen LogP contribution in [0.5, 0.6) is 0 Å². The number of hydrogen-bond donors (Lipinski definition) is 0. The molecule has 0 spiro atoms. The van der Waals surface area contributed by atoms with Gasteiger partial charge in [0.2, 0.25) is 0 Å². The minimum atomic E-state index is 0.00180. The molecule has 2 heterocycles. The first kappa shape index (κ1) is 27.0. The summed E-state index contributed by atoms with van der Waals surface area (Å²) in [6.07, 6.45) is 14.6. The lowest BCUT2D eigenvalue weighted by molar-refractivity contribution is 0.394. The van der Waals surface area contributed by atoms with Crippen LogP contribution in [0.3, 0.4) is 0 Å². The molecule has 0 N–H and O–H groups in total. The monoisotopic (exact) mass is 594 g/mol. The molecular weight excluding hydrogens is 560 g/mol. The Kier molecular flexibility index (Phi) is 6.08. The molecule has 4 heteroatoms. The largest absolute Gasteiger partial charge is 0.313 e. The van der Waals surface area contributed by atoms with Crippen LogP contribution in [0.2, 0.25) is 0 Å². The SMILES string of the molecule is CC1(C)c2cccc(-n3c4c(c5ccccc53)C=CC(c3nc(-c5ccccc5)nc(-c5ccccc5)n3)C4)c2C2C=CC=CC21.